The maximum atomic E-state index is 11.5. The number of carbonyl (C=O) groups is 2. The van der Waals surface area contributed by atoms with Crippen LogP contribution in [0.25, 0.3) is 0 Å². The zero-order chi connectivity index (χ0) is 11.7. The minimum atomic E-state index is -0.684. The van der Waals surface area contributed by atoms with Crippen LogP contribution in [0.2, 0.25) is 0 Å². The van der Waals surface area contributed by atoms with Gasteiger partial charge in [0.25, 0.3) is 0 Å². The summed E-state index contributed by atoms with van der Waals surface area (Å²) < 4.78 is 5.12. The lowest BCUT2D eigenvalue weighted by Gasteiger charge is -2.23. The summed E-state index contributed by atoms with van der Waals surface area (Å²) in [5.41, 5.74) is -1.23. The smallest absolute Gasteiger partial charge is 0.430 e. The third-order valence-corrected chi connectivity index (χ3v) is 1.86. The highest BCUT2D eigenvalue weighted by Crippen LogP contribution is 2.21. The van der Waals surface area contributed by atoms with Crippen LogP contribution in [0.5, 0.6) is 0 Å². The molecule has 0 aromatic rings. The fourth-order valence-electron chi connectivity index (χ4n) is 1.10. The fraction of sp³-hybridized carbons (Fsp3) is 0.700. The number of amides is 1. The molecule has 1 amide bonds. The van der Waals surface area contributed by atoms with E-state index in [1.165, 1.54) is 11.2 Å². The zero-order valence-electron chi connectivity index (χ0n) is 9.48. The Morgan fingerprint density at radius 1 is 1.60 bits per heavy atom. The molecule has 0 aromatic heterocycles. The van der Waals surface area contributed by atoms with Crippen molar-refractivity contribution in [3.8, 4) is 0 Å². The largest absolute Gasteiger partial charge is 0.442 e. The van der Waals surface area contributed by atoms with Gasteiger partial charge in [0.05, 0.1) is 12.0 Å². The van der Waals surface area contributed by atoms with Crippen molar-refractivity contribution in [3.63, 3.8) is 0 Å². The Labute approximate surface area is 89.1 Å². The molecule has 15 heavy (non-hydrogen) atoms. The van der Waals surface area contributed by atoms with Gasteiger partial charge in [0.15, 0.2) is 0 Å². The standard InChI is InChI=1S/C10H16N2O3/c1-9(2,3)15-8(14)12-6-10(4,7-13)5-11-12/h5,7H,6H2,1-4H3. The number of hydrogen-bond donors (Lipinski definition) is 0. The second-order valence-corrected chi connectivity index (χ2v) is 4.91. The Balaban J connectivity index is 2.60. The molecule has 1 unspecified atom stereocenters. The number of rotatable bonds is 1. The molecule has 1 aliphatic heterocycles. The second-order valence-electron chi connectivity index (χ2n) is 4.91. The lowest BCUT2D eigenvalue weighted by molar-refractivity contribution is -0.112. The van der Waals surface area contributed by atoms with Gasteiger partial charge in [0.1, 0.15) is 11.9 Å². The minimum absolute atomic E-state index is 0.241. The third-order valence-electron chi connectivity index (χ3n) is 1.86. The zero-order valence-corrected chi connectivity index (χ0v) is 9.48. The van der Waals surface area contributed by atoms with Crippen molar-refractivity contribution in [1.29, 1.82) is 0 Å². The van der Waals surface area contributed by atoms with Gasteiger partial charge in [-0.1, -0.05) is 0 Å². The summed E-state index contributed by atoms with van der Waals surface area (Å²) in [6, 6.07) is 0. The molecule has 0 radical (unpaired) electrons. The van der Waals surface area contributed by atoms with Crippen LogP contribution in [0.1, 0.15) is 27.7 Å². The lowest BCUT2D eigenvalue weighted by atomic mass is 9.96. The Morgan fingerprint density at radius 3 is 2.60 bits per heavy atom. The molecule has 1 heterocycles. The first-order chi connectivity index (χ1) is 6.76. The van der Waals surface area contributed by atoms with Crippen LogP contribution in [-0.2, 0) is 9.53 Å². The Bertz CT molecular complexity index is 306. The number of aldehydes is 1. The maximum absolute atomic E-state index is 11.5. The molecule has 84 valence electrons. The molecular weight excluding hydrogens is 196 g/mol. The fourth-order valence-corrected chi connectivity index (χ4v) is 1.10. The summed E-state index contributed by atoms with van der Waals surface area (Å²) in [5, 5.41) is 5.01. The van der Waals surface area contributed by atoms with Crippen LogP contribution in [0.15, 0.2) is 5.10 Å². The van der Waals surface area contributed by atoms with Crippen LogP contribution < -0.4 is 0 Å². The molecule has 5 heteroatoms. The molecule has 0 saturated carbocycles. The van der Waals surface area contributed by atoms with Crippen LogP contribution in [-0.4, -0.2) is 35.7 Å². The van der Waals surface area contributed by atoms with Gasteiger partial charge < -0.3 is 9.53 Å². The van der Waals surface area contributed by atoms with Crippen LogP contribution >= 0.6 is 0 Å². The number of hydrogen-bond acceptors (Lipinski definition) is 4. The van der Waals surface area contributed by atoms with Gasteiger partial charge in [-0.2, -0.15) is 10.1 Å². The van der Waals surface area contributed by atoms with Gasteiger partial charge in [-0.3, -0.25) is 0 Å². The van der Waals surface area contributed by atoms with Crippen molar-refractivity contribution in [2.45, 2.75) is 33.3 Å². The van der Waals surface area contributed by atoms with Crippen molar-refractivity contribution in [2.75, 3.05) is 6.54 Å². The molecule has 0 N–H and O–H groups in total. The SMILES string of the molecule is CC1(C=O)C=NN(C(=O)OC(C)(C)C)C1. The molecular formula is C10H16N2O3. The Hall–Kier alpha value is -1.39. The van der Waals surface area contributed by atoms with E-state index in [1.54, 1.807) is 27.7 Å². The quantitative estimate of drug-likeness (QED) is 0.618. The summed E-state index contributed by atoms with van der Waals surface area (Å²) in [4.78, 5) is 22.3. The van der Waals surface area contributed by atoms with Crippen LogP contribution in [0, 0.1) is 5.41 Å². The van der Waals surface area contributed by atoms with Gasteiger partial charge in [-0.15, -0.1) is 0 Å². The predicted molar refractivity (Wildman–Crippen MR) is 55.6 cm³/mol. The highest BCUT2D eigenvalue weighted by atomic mass is 16.6. The lowest BCUT2D eigenvalue weighted by Crippen LogP contribution is -2.36. The van der Waals surface area contributed by atoms with Crippen LogP contribution in [0.4, 0.5) is 4.79 Å². The van der Waals surface area contributed by atoms with E-state index in [0.717, 1.165) is 6.29 Å². The number of ether oxygens (including phenoxy) is 1. The first-order valence-corrected chi connectivity index (χ1v) is 4.78. The van der Waals surface area contributed by atoms with Gasteiger partial charge in [0.2, 0.25) is 0 Å². The Kier molecular flexibility index (Phi) is 2.83. The normalized spacial score (nSPS) is 25.5. The molecule has 0 aliphatic carbocycles. The van der Waals surface area contributed by atoms with Gasteiger partial charge >= 0.3 is 6.09 Å². The molecule has 0 aromatic carbocycles. The summed E-state index contributed by atoms with van der Waals surface area (Å²) in [7, 11) is 0. The van der Waals surface area contributed by atoms with Crippen LogP contribution in [0.3, 0.4) is 0 Å². The van der Waals surface area contributed by atoms with E-state index in [-0.39, 0.29) is 6.54 Å². The molecule has 0 saturated heterocycles. The molecule has 0 bridgehead atoms. The van der Waals surface area contributed by atoms with E-state index < -0.39 is 17.1 Å². The van der Waals surface area contributed by atoms with E-state index >= 15 is 0 Å². The average molecular weight is 212 g/mol. The summed E-state index contributed by atoms with van der Waals surface area (Å²) in [6.07, 6.45) is 1.72. The third kappa shape index (κ3) is 3.04. The molecule has 0 fully saturated rings. The summed E-state index contributed by atoms with van der Waals surface area (Å²) in [6.45, 7) is 7.30. The van der Waals surface area contributed by atoms with E-state index in [4.69, 9.17) is 4.74 Å². The van der Waals surface area contributed by atoms with Crippen molar-refractivity contribution in [3.05, 3.63) is 0 Å². The topological polar surface area (TPSA) is 59.0 Å². The first kappa shape index (κ1) is 11.7. The van der Waals surface area contributed by atoms with E-state index in [0.29, 0.717) is 0 Å². The Morgan fingerprint density at radius 2 is 2.20 bits per heavy atom. The average Bonchev–Trinajstić information content (AvgIpc) is 2.46. The van der Waals surface area contributed by atoms with Crippen molar-refractivity contribution in [1.82, 2.24) is 5.01 Å². The number of nitrogens with zero attached hydrogens (tertiary/aromatic N) is 2. The van der Waals surface area contributed by atoms with E-state index in [2.05, 4.69) is 5.10 Å². The molecule has 1 rings (SSSR count). The monoisotopic (exact) mass is 212 g/mol. The highest BCUT2D eigenvalue weighted by molar-refractivity contribution is 5.89. The molecule has 5 nitrogen and oxygen atoms in total. The maximum Gasteiger partial charge on any atom is 0.430 e. The first-order valence-electron chi connectivity index (χ1n) is 4.78. The van der Waals surface area contributed by atoms with Gasteiger partial charge in [-0.05, 0) is 27.7 Å². The molecule has 0 spiro atoms. The van der Waals surface area contributed by atoms with Crippen molar-refractivity contribution in [2.24, 2.45) is 10.5 Å². The van der Waals surface area contributed by atoms with E-state index in [1.807, 2.05) is 0 Å². The van der Waals surface area contributed by atoms with Gasteiger partial charge in [-0.25, -0.2) is 4.79 Å². The minimum Gasteiger partial charge on any atom is -0.442 e. The van der Waals surface area contributed by atoms with E-state index in [9.17, 15) is 9.59 Å². The van der Waals surface area contributed by atoms with Gasteiger partial charge in [0, 0.05) is 6.21 Å². The highest BCUT2D eigenvalue weighted by Gasteiger charge is 2.34. The van der Waals surface area contributed by atoms with Crippen molar-refractivity contribution < 1.29 is 14.3 Å². The predicted octanol–water partition coefficient (Wildman–Crippen LogP) is 1.43. The van der Waals surface area contributed by atoms with Crippen molar-refractivity contribution >= 4 is 18.6 Å². The number of carbonyl (C=O) groups excluding carboxylic acids is 2. The number of hydrazone groups is 1. The second kappa shape index (κ2) is 3.64. The summed E-state index contributed by atoms with van der Waals surface area (Å²) in [5.74, 6) is 0. The molecule has 1 atom stereocenters. The summed E-state index contributed by atoms with van der Waals surface area (Å²) >= 11 is 0. The molecule has 1 aliphatic rings.